The normalized spacial score (nSPS) is 16.7. The SMILES string of the molecule is O=C(N[C@H](c1ccc(F)cc1)c1cccs1)[C@H]1COc2ccccc2O1. The highest BCUT2D eigenvalue weighted by atomic mass is 32.1. The van der Waals surface area contributed by atoms with Gasteiger partial charge < -0.3 is 14.8 Å². The molecule has 0 unspecified atom stereocenters. The summed E-state index contributed by atoms with van der Waals surface area (Å²) in [4.78, 5) is 13.7. The first-order valence-corrected chi connectivity index (χ1v) is 9.06. The molecular formula is C20H16FNO3S. The summed E-state index contributed by atoms with van der Waals surface area (Å²) in [6, 6.07) is 16.9. The minimum Gasteiger partial charge on any atom is -0.485 e. The molecule has 1 N–H and O–H groups in total. The lowest BCUT2D eigenvalue weighted by molar-refractivity contribution is -0.130. The summed E-state index contributed by atoms with van der Waals surface area (Å²) in [5.41, 5.74) is 0.805. The molecule has 132 valence electrons. The number of hydrogen-bond acceptors (Lipinski definition) is 4. The van der Waals surface area contributed by atoms with E-state index in [0.29, 0.717) is 11.5 Å². The Hall–Kier alpha value is -2.86. The molecule has 4 rings (SSSR count). The summed E-state index contributed by atoms with van der Waals surface area (Å²) >= 11 is 1.53. The molecule has 0 spiro atoms. The van der Waals surface area contributed by atoms with Crippen LogP contribution in [0, 0.1) is 5.82 Å². The van der Waals surface area contributed by atoms with Gasteiger partial charge in [0.05, 0.1) is 6.04 Å². The third-order valence-electron chi connectivity index (χ3n) is 4.12. The topological polar surface area (TPSA) is 47.6 Å². The molecule has 0 fully saturated rings. The minimum absolute atomic E-state index is 0.142. The van der Waals surface area contributed by atoms with Crippen molar-refractivity contribution in [1.82, 2.24) is 5.32 Å². The number of thiophene rings is 1. The Balaban J connectivity index is 1.54. The van der Waals surface area contributed by atoms with Gasteiger partial charge in [-0.25, -0.2) is 4.39 Å². The zero-order valence-corrected chi connectivity index (χ0v) is 14.5. The van der Waals surface area contributed by atoms with Gasteiger partial charge in [-0.2, -0.15) is 0 Å². The van der Waals surface area contributed by atoms with Gasteiger partial charge in [0.1, 0.15) is 12.4 Å². The maximum atomic E-state index is 13.3. The van der Waals surface area contributed by atoms with Gasteiger partial charge >= 0.3 is 0 Å². The van der Waals surface area contributed by atoms with Crippen LogP contribution in [0.25, 0.3) is 0 Å². The monoisotopic (exact) mass is 369 g/mol. The van der Waals surface area contributed by atoms with E-state index in [-0.39, 0.29) is 24.4 Å². The fraction of sp³-hybridized carbons (Fsp3) is 0.150. The molecule has 4 nitrogen and oxygen atoms in total. The first kappa shape index (κ1) is 16.6. The van der Waals surface area contributed by atoms with Gasteiger partial charge in [0.2, 0.25) is 6.10 Å². The van der Waals surface area contributed by atoms with Crippen LogP contribution in [0.2, 0.25) is 0 Å². The molecule has 0 aliphatic carbocycles. The molecule has 1 aromatic heterocycles. The van der Waals surface area contributed by atoms with Crippen molar-refractivity contribution in [2.24, 2.45) is 0 Å². The zero-order valence-electron chi connectivity index (χ0n) is 13.7. The van der Waals surface area contributed by atoms with Crippen LogP contribution in [0.4, 0.5) is 4.39 Å². The molecule has 2 aromatic carbocycles. The van der Waals surface area contributed by atoms with Crippen molar-refractivity contribution in [3.63, 3.8) is 0 Å². The summed E-state index contributed by atoms with van der Waals surface area (Å²) < 4.78 is 24.7. The molecule has 1 aliphatic rings. The quantitative estimate of drug-likeness (QED) is 0.758. The summed E-state index contributed by atoms with van der Waals surface area (Å²) in [6.45, 7) is 0.142. The Morgan fingerprint density at radius 1 is 1.08 bits per heavy atom. The molecule has 2 atom stereocenters. The van der Waals surface area contributed by atoms with Gasteiger partial charge in [-0.05, 0) is 41.3 Å². The maximum Gasteiger partial charge on any atom is 0.265 e. The molecule has 1 amide bonds. The zero-order chi connectivity index (χ0) is 17.9. The molecule has 0 saturated carbocycles. The molecule has 6 heteroatoms. The Kier molecular flexibility index (Phi) is 4.58. The van der Waals surface area contributed by atoms with Gasteiger partial charge in [-0.15, -0.1) is 11.3 Å². The highest BCUT2D eigenvalue weighted by Gasteiger charge is 2.29. The van der Waals surface area contributed by atoms with Crippen LogP contribution in [0.3, 0.4) is 0 Å². The third kappa shape index (κ3) is 3.41. The van der Waals surface area contributed by atoms with E-state index in [1.165, 1.54) is 23.5 Å². The Morgan fingerprint density at radius 3 is 2.58 bits per heavy atom. The van der Waals surface area contributed by atoms with E-state index in [1.54, 1.807) is 24.3 Å². The highest BCUT2D eigenvalue weighted by Crippen LogP contribution is 2.32. The second-order valence-electron chi connectivity index (χ2n) is 5.87. The van der Waals surface area contributed by atoms with E-state index < -0.39 is 6.10 Å². The molecule has 2 heterocycles. The molecule has 3 aromatic rings. The van der Waals surface area contributed by atoms with Crippen LogP contribution in [0.15, 0.2) is 66.0 Å². The average Bonchev–Trinajstić information content (AvgIpc) is 3.21. The van der Waals surface area contributed by atoms with Crippen molar-refractivity contribution in [2.45, 2.75) is 12.1 Å². The number of benzene rings is 2. The number of carbonyl (C=O) groups excluding carboxylic acids is 1. The number of halogens is 1. The molecule has 0 bridgehead atoms. The van der Waals surface area contributed by atoms with E-state index >= 15 is 0 Å². The first-order chi connectivity index (χ1) is 12.7. The summed E-state index contributed by atoms with van der Waals surface area (Å²) in [7, 11) is 0. The Labute approximate surface area is 154 Å². The standard InChI is InChI=1S/C20H16FNO3S/c21-14-9-7-13(8-10-14)19(18-6-3-11-26-18)22-20(23)17-12-24-15-4-1-2-5-16(15)25-17/h1-11,17,19H,12H2,(H,22,23)/t17-,19-/m1/s1. The largest absolute Gasteiger partial charge is 0.485 e. The lowest BCUT2D eigenvalue weighted by Gasteiger charge is -2.27. The van der Waals surface area contributed by atoms with Crippen LogP contribution in [0.1, 0.15) is 16.5 Å². The van der Waals surface area contributed by atoms with Gasteiger partial charge in [0.25, 0.3) is 5.91 Å². The number of rotatable bonds is 4. The number of para-hydroxylation sites is 2. The van der Waals surface area contributed by atoms with Crippen LogP contribution < -0.4 is 14.8 Å². The maximum absolute atomic E-state index is 13.3. The summed E-state index contributed by atoms with van der Waals surface area (Å²) in [5, 5.41) is 4.94. The Bertz CT molecular complexity index is 896. The summed E-state index contributed by atoms with van der Waals surface area (Å²) in [5.74, 6) is 0.589. The van der Waals surface area contributed by atoms with Gasteiger partial charge in [0.15, 0.2) is 11.5 Å². The smallest absolute Gasteiger partial charge is 0.265 e. The van der Waals surface area contributed by atoms with Crippen molar-refractivity contribution in [1.29, 1.82) is 0 Å². The van der Waals surface area contributed by atoms with Crippen LogP contribution in [0.5, 0.6) is 11.5 Å². The van der Waals surface area contributed by atoms with Crippen molar-refractivity contribution < 1.29 is 18.7 Å². The lowest BCUT2D eigenvalue weighted by Crippen LogP contribution is -2.45. The molecular weight excluding hydrogens is 353 g/mol. The first-order valence-electron chi connectivity index (χ1n) is 8.18. The van der Waals surface area contributed by atoms with E-state index in [4.69, 9.17) is 9.47 Å². The van der Waals surface area contributed by atoms with Gasteiger partial charge in [-0.1, -0.05) is 30.3 Å². The summed E-state index contributed by atoms with van der Waals surface area (Å²) in [6.07, 6.45) is -0.743. The lowest BCUT2D eigenvalue weighted by atomic mass is 10.0. The Morgan fingerprint density at radius 2 is 1.85 bits per heavy atom. The number of fused-ring (bicyclic) bond motifs is 1. The van der Waals surface area contributed by atoms with Crippen LogP contribution >= 0.6 is 11.3 Å². The van der Waals surface area contributed by atoms with E-state index in [2.05, 4.69) is 5.32 Å². The van der Waals surface area contributed by atoms with Crippen LogP contribution in [-0.4, -0.2) is 18.6 Å². The number of amides is 1. The fourth-order valence-electron chi connectivity index (χ4n) is 2.81. The van der Waals surface area contributed by atoms with E-state index in [9.17, 15) is 9.18 Å². The average molecular weight is 369 g/mol. The second kappa shape index (κ2) is 7.17. The molecule has 26 heavy (non-hydrogen) atoms. The highest BCUT2D eigenvalue weighted by molar-refractivity contribution is 7.10. The molecule has 0 saturated heterocycles. The van der Waals surface area contributed by atoms with Crippen molar-refractivity contribution >= 4 is 17.2 Å². The molecule has 1 aliphatic heterocycles. The van der Waals surface area contributed by atoms with Crippen molar-refractivity contribution in [3.8, 4) is 11.5 Å². The van der Waals surface area contributed by atoms with Crippen molar-refractivity contribution in [3.05, 3.63) is 82.3 Å². The number of nitrogens with one attached hydrogen (secondary N) is 1. The van der Waals surface area contributed by atoms with Gasteiger partial charge in [0, 0.05) is 4.88 Å². The number of hydrogen-bond donors (Lipinski definition) is 1. The van der Waals surface area contributed by atoms with Crippen LogP contribution in [-0.2, 0) is 4.79 Å². The minimum atomic E-state index is -0.743. The van der Waals surface area contributed by atoms with E-state index in [0.717, 1.165) is 10.4 Å². The second-order valence-corrected chi connectivity index (χ2v) is 6.85. The van der Waals surface area contributed by atoms with E-state index in [1.807, 2.05) is 29.6 Å². The number of carbonyl (C=O) groups is 1. The predicted molar refractivity (Wildman–Crippen MR) is 97.1 cm³/mol. The van der Waals surface area contributed by atoms with Gasteiger partial charge in [-0.3, -0.25) is 4.79 Å². The third-order valence-corrected chi connectivity index (χ3v) is 5.06. The molecule has 0 radical (unpaired) electrons. The predicted octanol–water partition coefficient (Wildman–Crippen LogP) is 3.93. The fourth-order valence-corrected chi connectivity index (χ4v) is 3.62. The van der Waals surface area contributed by atoms with Crippen molar-refractivity contribution in [2.75, 3.05) is 6.61 Å². The number of ether oxygens (including phenoxy) is 2.